The number of halogens is 1. The number of carbonyl (C=O) groups is 1. The molecule has 33 heavy (non-hydrogen) atoms. The Bertz CT molecular complexity index is 1250. The summed E-state index contributed by atoms with van der Waals surface area (Å²) < 4.78 is 20.9. The third-order valence-corrected chi connectivity index (χ3v) is 5.23. The van der Waals surface area contributed by atoms with Crippen LogP contribution in [0.4, 0.5) is 4.39 Å². The van der Waals surface area contributed by atoms with Crippen LogP contribution in [0.25, 0.3) is 16.9 Å². The van der Waals surface area contributed by atoms with E-state index in [2.05, 4.69) is 10.3 Å². The number of aryl methyl sites for hydroxylation is 2. The van der Waals surface area contributed by atoms with Gasteiger partial charge in [-0.25, -0.2) is 9.07 Å². The highest BCUT2D eigenvalue weighted by Crippen LogP contribution is 2.26. The van der Waals surface area contributed by atoms with E-state index in [1.54, 1.807) is 30.3 Å². The van der Waals surface area contributed by atoms with E-state index in [0.29, 0.717) is 24.9 Å². The Balaban J connectivity index is 1.51. The summed E-state index contributed by atoms with van der Waals surface area (Å²) >= 11 is 0. The molecule has 7 heteroatoms. The van der Waals surface area contributed by atoms with Gasteiger partial charge in [0.25, 0.3) is 0 Å². The summed E-state index contributed by atoms with van der Waals surface area (Å²) in [5, 5.41) is 7.63. The number of amides is 1. The Morgan fingerprint density at radius 1 is 1.09 bits per heavy atom. The van der Waals surface area contributed by atoms with E-state index in [9.17, 15) is 9.18 Å². The second kappa shape index (κ2) is 10.1. The molecule has 1 N–H and O–H groups in total. The SMILES string of the molecule is COc1ccc(-n2nc(CCC(=O)NCc3cncc(C)c3)cc2-c2cccc(F)c2)cc1. The maximum absolute atomic E-state index is 13.9. The minimum Gasteiger partial charge on any atom is -0.497 e. The molecule has 0 saturated carbocycles. The molecule has 2 aromatic heterocycles. The lowest BCUT2D eigenvalue weighted by Gasteiger charge is -2.08. The van der Waals surface area contributed by atoms with E-state index in [1.807, 2.05) is 49.4 Å². The molecule has 0 aliphatic heterocycles. The van der Waals surface area contributed by atoms with Crippen LogP contribution in [0.15, 0.2) is 73.1 Å². The summed E-state index contributed by atoms with van der Waals surface area (Å²) in [6.07, 6.45) is 4.28. The van der Waals surface area contributed by atoms with Gasteiger partial charge in [-0.3, -0.25) is 9.78 Å². The number of hydrogen-bond donors (Lipinski definition) is 1. The van der Waals surface area contributed by atoms with Crippen LogP contribution >= 0.6 is 0 Å². The zero-order chi connectivity index (χ0) is 23.2. The van der Waals surface area contributed by atoms with Gasteiger partial charge in [0.1, 0.15) is 11.6 Å². The van der Waals surface area contributed by atoms with E-state index in [1.165, 1.54) is 12.1 Å². The van der Waals surface area contributed by atoms with Crippen LogP contribution in [0.3, 0.4) is 0 Å². The van der Waals surface area contributed by atoms with Crippen LogP contribution in [-0.4, -0.2) is 27.8 Å². The van der Waals surface area contributed by atoms with Crippen molar-refractivity contribution < 1.29 is 13.9 Å². The van der Waals surface area contributed by atoms with Gasteiger partial charge in [-0.1, -0.05) is 18.2 Å². The number of ether oxygens (including phenoxy) is 1. The Morgan fingerprint density at radius 2 is 1.91 bits per heavy atom. The molecular formula is C26H25FN4O2. The van der Waals surface area contributed by atoms with E-state index >= 15 is 0 Å². The number of benzene rings is 2. The number of rotatable bonds is 8. The van der Waals surface area contributed by atoms with Crippen LogP contribution in [0, 0.1) is 12.7 Å². The first-order chi connectivity index (χ1) is 16.0. The second-order valence-electron chi connectivity index (χ2n) is 7.79. The summed E-state index contributed by atoms with van der Waals surface area (Å²) in [6.45, 7) is 2.40. The van der Waals surface area contributed by atoms with E-state index in [-0.39, 0.29) is 11.7 Å². The summed E-state index contributed by atoms with van der Waals surface area (Å²) in [5.74, 6) is 0.350. The normalized spacial score (nSPS) is 10.8. The number of nitrogens with one attached hydrogen (secondary N) is 1. The highest BCUT2D eigenvalue weighted by molar-refractivity contribution is 5.76. The molecule has 168 valence electrons. The first-order valence-corrected chi connectivity index (χ1v) is 10.7. The van der Waals surface area contributed by atoms with E-state index in [4.69, 9.17) is 9.84 Å². The zero-order valence-corrected chi connectivity index (χ0v) is 18.6. The van der Waals surface area contributed by atoms with Crippen molar-refractivity contribution in [3.05, 3.63) is 95.7 Å². The van der Waals surface area contributed by atoms with Crippen LogP contribution in [0.2, 0.25) is 0 Å². The van der Waals surface area contributed by atoms with Gasteiger partial charge >= 0.3 is 0 Å². The molecule has 4 rings (SSSR count). The number of carbonyl (C=O) groups excluding carboxylic acids is 1. The third kappa shape index (κ3) is 5.63. The van der Waals surface area contributed by atoms with Crippen molar-refractivity contribution in [2.75, 3.05) is 7.11 Å². The maximum atomic E-state index is 13.9. The number of aromatic nitrogens is 3. The van der Waals surface area contributed by atoms with Gasteiger partial charge in [0.05, 0.1) is 24.2 Å². The Labute approximate surface area is 192 Å². The molecule has 0 aliphatic rings. The first-order valence-electron chi connectivity index (χ1n) is 10.7. The van der Waals surface area contributed by atoms with Crippen molar-refractivity contribution in [2.24, 2.45) is 0 Å². The lowest BCUT2D eigenvalue weighted by atomic mass is 10.1. The Hall–Kier alpha value is -4.00. The van der Waals surface area contributed by atoms with E-state index < -0.39 is 0 Å². The minimum atomic E-state index is -0.318. The average molecular weight is 445 g/mol. The molecule has 6 nitrogen and oxygen atoms in total. The fourth-order valence-corrected chi connectivity index (χ4v) is 3.57. The summed E-state index contributed by atoms with van der Waals surface area (Å²) in [4.78, 5) is 16.5. The van der Waals surface area contributed by atoms with Gasteiger partial charge in [0.2, 0.25) is 5.91 Å². The molecule has 2 aromatic carbocycles. The summed E-state index contributed by atoms with van der Waals surface area (Å²) in [5.41, 5.74) is 5.04. The quantitative estimate of drug-likeness (QED) is 0.430. The van der Waals surface area contributed by atoms with Crippen molar-refractivity contribution >= 4 is 5.91 Å². The zero-order valence-electron chi connectivity index (χ0n) is 18.6. The number of hydrogen-bond acceptors (Lipinski definition) is 4. The van der Waals surface area contributed by atoms with Crippen molar-refractivity contribution in [3.63, 3.8) is 0 Å². The largest absolute Gasteiger partial charge is 0.497 e. The Morgan fingerprint density at radius 3 is 2.64 bits per heavy atom. The van der Waals surface area contributed by atoms with Gasteiger partial charge in [0, 0.05) is 37.3 Å². The van der Waals surface area contributed by atoms with Crippen molar-refractivity contribution in [1.82, 2.24) is 20.1 Å². The molecular weight excluding hydrogens is 419 g/mol. The van der Waals surface area contributed by atoms with Crippen LogP contribution in [0.5, 0.6) is 5.75 Å². The predicted molar refractivity (Wildman–Crippen MR) is 125 cm³/mol. The van der Waals surface area contributed by atoms with Crippen LogP contribution in [0.1, 0.15) is 23.2 Å². The molecule has 0 aliphatic carbocycles. The van der Waals surface area contributed by atoms with Gasteiger partial charge in [0.15, 0.2) is 0 Å². The molecule has 0 unspecified atom stereocenters. The van der Waals surface area contributed by atoms with Gasteiger partial charge < -0.3 is 10.1 Å². The number of nitrogens with zero attached hydrogens (tertiary/aromatic N) is 3. The summed E-state index contributed by atoms with van der Waals surface area (Å²) in [6, 6.07) is 17.8. The smallest absolute Gasteiger partial charge is 0.220 e. The third-order valence-electron chi connectivity index (χ3n) is 5.23. The molecule has 0 saturated heterocycles. The molecule has 0 bridgehead atoms. The van der Waals surface area contributed by atoms with E-state index in [0.717, 1.165) is 34.0 Å². The lowest BCUT2D eigenvalue weighted by molar-refractivity contribution is -0.121. The highest BCUT2D eigenvalue weighted by Gasteiger charge is 2.14. The molecule has 4 aromatic rings. The number of methoxy groups -OCH3 is 1. The molecule has 1 amide bonds. The molecule has 2 heterocycles. The Kier molecular flexibility index (Phi) is 6.78. The summed E-state index contributed by atoms with van der Waals surface area (Å²) in [7, 11) is 1.61. The fraction of sp³-hybridized carbons (Fsp3) is 0.192. The monoisotopic (exact) mass is 444 g/mol. The topological polar surface area (TPSA) is 69.0 Å². The standard InChI is InChI=1S/C26H25FN4O2/c1-18-12-19(16-28-15-18)17-29-26(32)11-6-22-14-25(20-4-3-5-21(27)13-20)31(30-22)23-7-9-24(33-2)10-8-23/h3-5,7-10,12-16H,6,11,17H2,1-2H3,(H,29,32). The number of pyridine rings is 1. The molecule has 0 spiro atoms. The first kappa shape index (κ1) is 22.2. The van der Waals surface area contributed by atoms with Crippen LogP contribution in [-0.2, 0) is 17.8 Å². The second-order valence-corrected chi connectivity index (χ2v) is 7.79. The van der Waals surface area contributed by atoms with Crippen molar-refractivity contribution in [1.29, 1.82) is 0 Å². The molecule has 0 atom stereocenters. The fourth-order valence-electron chi connectivity index (χ4n) is 3.57. The van der Waals surface area contributed by atoms with Gasteiger partial charge in [-0.15, -0.1) is 0 Å². The predicted octanol–water partition coefficient (Wildman–Crippen LogP) is 4.64. The lowest BCUT2D eigenvalue weighted by Crippen LogP contribution is -2.23. The highest BCUT2D eigenvalue weighted by atomic mass is 19.1. The van der Waals surface area contributed by atoms with Crippen molar-refractivity contribution in [2.45, 2.75) is 26.3 Å². The average Bonchev–Trinajstić information content (AvgIpc) is 3.26. The molecule has 0 fully saturated rings. The van der Waals surface area contributed by atoms with Gasteiger partial charge in [-0.05, 0) is 60.5 Å². The van der Waals surface area contributed by atoms with Crippen LogP contribution < -0.4 is 10.1 Å². The van der Waals surface area contributed by atoms with Crippen molar-refractivity contribution in [3.8, 4) is 22.7 Å². The maximum Gasteiger partial charge on any atom is 0.220 e. The molecule has 0 radical (unpaired) electrons. The van der Waals surface area contributed by atoms with Gasteiger partial charge in [-0.2, -0.15) is 5.10 Å². The minimum absolute atomic E-state index is 0.0668.